The van der Waals surface area contributed by atoms with Crippen molar-refractivity contribution in [2.24, 2.45) is 0 Å². The molecule has 1 fully saturated rings. The Morgan fingerprint density at radius 2 is 1.79 bits per heavy atom. The van der Waals surface area contributed by atoms with Crippen LogP contribution in [0.5, 0.6) is 5.75 Å². The molecule has 1 heterocycles. The number of unbranched alkanes of at least 4 members (excludes halogenated alkanes) is 1. The number of halogens is 3. The maximum atomic E-state index is 12.5. The normalized spacial score (nSPS) is 15.4. The van der Waals surface area contributed by atoms with Gasteiger partial charge in [0.2, 0.25) is 0 Å². The second kappa shape index (κ2) is 10.2. The van der Waals surface area contributed by atoms with Crippen LogP contribution in [0.3, 0.4) is 0 Å². The van der Waals surface area contributed by atoms with E-state index in [1.165, 1.54) is 4.90 Å². The number of nitrogens with zero attached hydrogens (tertiary/aromatic N) is 1. The van der Waals surface area contributed by atoms with Crippen LogP contribution in [0.1, 0.15) is 30.9 Å². The lowest BCUT2D eigenvalue weighted by atomic mass is 10.2. The average molecular weight is 562 g/mol. The van der Waals surface area contributed by atoms with Crippen LogP contribution >= 0.6 is 57.6 Å². The van der Waals surface area contributed by atoms with Gasteiger partial charge in [-0.1, -0.05) is 48.7 Å². The predicted octanol–water partition coefficient (Wildman–Crippen LogP) is 7.01. The number of imide groups is 1. The summed E-state index contributed by atoms with van der Waals surface area (Å²) in [5.74, 6) is 0.111. The van der Waals surface area contributed by atoms with Gasteiger partial charge in [0, 0.05) is 10.1 Å². The molecule has 0 radical (unpaired) electrons. The summed E-state index contributed by atoms with van der Waals surface area (Å²) in [5, 5.41) is 0.448. The molecule has 8 heteroatoms. The minimum absolute atomic E-state index is 0.246. The largest absolute Gasteiger partial charge is 0.486 e. The molecular weight excluding hydrogens is 544 g/mol. The molecule has 1 aliphatic heterocycles. The third kappa shape index (κ3) is 5.69. The summed E-state index contributed by atoms with van der Waals surface area (Å²) in [6, 6.07) is 11.3. The maximum absolute atomic E-state index is 12.5. The summed E-state index contributed by atoms with van der Waals surface area (Å²) in [6.45, 7) is 2.79. The standard InChI is InChI=1S/C21H18Cl2INO3S/c1-2-3-8-25-20(26)18(29-21(25)27)11-14-9-16(22)19(17(23)10-14)28-12-13-4-6-15(24)7-5-13/h4-7,9-11H,2-3,8,12H2,1H3/b18-11-. The minimum Gasteiger partial charge on any atom is -0.486 e. The Bertz CT molecular complexity index is 940. The number of carbonyl (C=O) groups excluding carboxylic acids is 2. The van der Waals surface area contributed by atoms with Crippen molar-refractivity contribution < 1.29 is 14.3 Å². The smallest absolute Gasteiger partial charge is 0.293 e. The fourth-order valence-corrected chi connectivity index (χ4v) is 4.53. The van der Waals surface area contributed by atoms with E-state index in [0.717, 1.165) is 33.7 Å². The number of thioether (sulfide) groups is 1. The van der Waals surface area contributed by atoms with Crippen molar-refractivity contribution in [1.82, 2.24) is 4.90 Å². The molecule has 0 spiro atoms. The highest BCUT2D eigenvalue weighted by molar-refractivity contribution is 14.1. The summed E-state index contributed by atoms with van der Waals surface area (Å²) in [6.07, 6.45) is 3.34. The van der Waals surface area contributed by atoms with Gasteiger partial charge in [0.05, 0.1) is 15.0 Å². The quantitative estimate of drug-likeness (QED) is 0.269. The van der Waals surface area contributed by atoms with Crippen molar-refractivity contribution in [2.75, 3.05) is 6.54 Å². The first kappa shape index (κ1) is 22.5. The monoisotopic (exact) mass is 561 g/mol. The zero-order chi connectivity index (χ0) is 21.0. The van der Waals surface area contributed by atoms with Gasteiger partial charge in [-0.25, -0.2) is 0 Å². The van der Waals surface area contributed by atoms with Crippen molar-refractivity contribution in [2.45, 2.75) is 26.4 Å². The Balaban J connectivity index is 1.75. The SMILES string of the molecule is CCCCN1C(=O)S/C(=C\c2cc(Cl)c(OCc3ccc(I)cc3)c(Cl)c2)C1=O. The van der Waals surface area contributed by atoms with Crippen molar-refractivity contribution in [3.8, 4) is 5.75 Å². The first-order valence-electron chi connectivity index (χ1n) is 9.00. The molecule has 0 unspecified atom stereocenters. The van der Waals surface area contributed by atoms with Crippen LogP contribution in [0, 0.1) is 3.57 Å². The van der Waals surface area contributed by atoms with Gasteiger partial charge < -0.3 is 4.74 Å². The Hall–Kier alpha value is -1.22. The van der Waals surface area contributed by atoms with Gasteiger partial charge in [-0.2, -0.15) is 0 Å². The third-order valence-corrected chi connectivity index (χ3v) is 6.41. The van der Waals surface area contributed by atoms with E-state index in [2.05, 4.69) is 22.6 Å². The molecule has 29 heavy (non-hydrogen) atoms. The van der Waals surface area contributed by atoms with Crippen LogP contribution in [0.4, 0.5) is 4.79 Å². The molecule has 2 aromatic carbocycles. The number of carbonyl (C=O) groups is 2. The zero-order valence-electron chi connectivity index (χ0n) is 15.6. The van der Waals surface area contributed by atoms with Crippen molar-refractivity contribution in [3.63, 3.8) is 0 Å². The molecule has 4 nitrogen and oxygen atoms in total. The van der Waals surface area contributed by atoms with Gasteiger partial charge in [-0.15, -0.1) is 0 Å². The van der Waals surface area contributed by atoms with Gasteiger partial charge in [-0.3, -0.25) is 14.5 Å². The van der Waals surface area contributed by atoms with Gasteiger partial charge >= 0.3 is 0 Å². The lowest BCUT2D eigenvalue weighted by Crippen LogP contribution is -2.29. The molecule has 1 saturated heterocycles. The van der Waals surface area contributed by atoms with Crippen molar-refractivity contribution >= 4 is 74.8 Å². The molecule has 2 amide bonds. The Labute approximate surface area is 197 Å². The van der Waals surface area contributed by atoms with Gasteiger partial charge in [0.15, 0.2) is 5.75 Å². The van der Waals surface area contributed by atoms with E-state index in [1.807, 2.05) is 31.2 Å². The van der Waals surface area contributed by atoms with E-state index < -0.39 is 0 Å². The third-order valence-electron chi connectivity index (χ3n) is 4.22. The molecule has 2 aromatic rings. The van der Waals surface area contributed by atoms with E-state index in [-0.39, 0.29) is 11.1 Å². The molecule has 0 aromatic heterocycles. The highest BCUT2D eigenvalue weighted by Gasteiger charge is 2.34. The molecule has 3 rings (SSSR count). The summed E-state index contributed by atoms with van der Waals surface area (Å²) >= 11 is 15.9. The van der Waals surface area contributed by atoms with Crippen LogP contribution in [0.25, 0.3) is 6.08 Å². The Kier molecular flexibility index (Phi) is 7.90. The molecule has 1 aliphatic rings. The van der Waals surface area contributed by atoms with Crippen LogP contribution < -0.4 is 4.74 Å². The number of hydrogen-bond acceptors (Lipinski definition) is 4. The summed E-state index contributed by atoms with van der Waals surface area (Å²) < 4.78 is 6.94. The number of rotatable bonds is 7. The second-order valence-electron chi connectivity index (χ2n) is 6.42. The van der Waals surface area contributed by atoms with E-state index >= 15 is 0 Å². The number of benzene rings is 2. The van der Waals surface area contributed by atoms with E-state index in [4.69, 9.17) is 27.9 Å². The van der Waals surface area contributed by atoms with Gasteiger partial charge in [-0.05, 0) is 82.2 Å². The fraction of sp³-hybridized carbons (Fsp3) is 0.238. The number of amides is 2. The molecular formula is C21H18Cl2INO3S. The highest BCUT2D eigenvalue weighted by Crippen LogP contribution is 2.37. The fourth-order valence-electron chi connectivity index (χ4n) is 2.70. The molecule has 0 atom stereocenters. The van der Waals surface area contributed by atoms with Crippen LogP contribution in [0.2, 0.25) is 10.0 Å². The van der Waals surface area contributed by atoms with Gasteiger partial charge in [0.25, 0.3) is 11.1 Å². The number of hydrogen-bond donors (Lipinski definition) is 0. The van der Waals surface area contributed by atoms with Crippen LogP contribution in [-0.2, 0) is 11.4 Å². The van der Waals surface area contributed by atoms with Crippen molar-refractivity contribution in [3.05, 3.63) is 66.0 Å². The topological polar surface area (TPSA) is 46.6 Å². The maximum Gasteiger partial charge on any atom is 0.293 e. The lowest BCUT2D eigenvalue weighted by molar-refractivity contribution is -0.122. The summed E-state index contributed by atoms with van der Waals surface area (Å²) in [4.78, 5) is 26.2. The van der Waals surface area contributed by atoms with Crippen LogP contribution in [0.15, 0.2) is 41.3 Å². The zero-order valence-corrected chi connectivity index (χ0v) is 20.1. The molecule has 0 saturated carbocycles. The van der Waals surface area contributed by atoms with Crippen LogP contribution in [-0.4, -0.2) is 22.6 Å². The minimum atomic E-state index is -0.278. The summed E-state index contributed by atoms with van der Waals surface area (Å²) in [7, 11) is 0. The molecule has 0 aliphatic carbocycles. The van der Waals surface area contributed by atoms with Gasteiger partial charge in [0.1, 0.15) is 6.61 Å². The van der Waals surface area contributed by atoms with Crippen molar-refractivity contribution in [1.29, 1.82) is 0 Å². The average Bonchev–Trinajstić information content (AvgIpc) is 2.94. The molecule has 0 bridgehead atoms. The highest BCUT2D eigenvalue weighted by atomic mass is 127. The predicted molar refractivity (Wildman–Crippen MR) is 128 cm³/mol. The van der Waals surface area contributed by atoms with E-state index in [0.29, 0.717) is 39.4 Å². The molecule has 152 valence electrons. The van der Waals surface area contributed by atoms with E-state index in [1.54, 1.807) is 18.2 Å². The number of ether oxygens (including phenoxy) is 1. The summed E-state index contributed by atoms with van der Waals surface area (Å²) in [5.41, 5.74) is 1.64. The first-order chi connectivity index (χ1) is 13.9. The second-order valence-corrected chi connectivity index (χ2v) is 9.47. The Morgan fingerprint density at radius 1 is 1.14 bits per heavy atom. The Morgan fingerprint density at radius 3 is 2.41 bits per heavy atom. The first-order valence-corrected chi connectivity index (χ1v) is 11.7. The molecule has 0 N–H and O–H groups in total. The van der Waals surface area contributed by atoms with E-state index in [9.17, 15) is 9.59 Å². The lowest BCUT2D eigenvalue weighted by Gasteiger charge is -2.12.